The number of hydrogen-bond donors (Lipinski definition) is 1. The van der Waals surface area contributed by atoms with Crippen molar-refractivity contribution in [1.82, 2.24) is 19.9 Å². The van der Waals surface area contributed by atoms with Crippen molar-refractivity contribution in [2.75, 3.05) is 6.54 Å². The minimum atomic E-state index is 0.379. The Kier molecular flexibility index (Phi) is 3.28. The van der Waals surface area contributed by atoms with Crippen molar-refractivity contribution in [2.24, 2.45) is 7.05 Å². The highest BCUT2D eigenvalue weighted by molar-refractivity contribution is 5.71. The van der Waals surface area contributed by atoms with Crippen molar-refractivity contribution in [1.29, 1.82) is 0 Å². The molecule has 1 N–H and O–H groups in total. The molecule has 0 aliphatic carbocycles. The quantitative estimate of drug-likeness (QED) is 0.838. The second kappa shape index (κ2) is 5.06. The topological polar surface area (TPSA) is 42.7 Å². The molecule has 3 rings (SSSR count). The SMILES string of the molecule is Cn1c(C2CCCCCCN2)nc2ncccc21. The Morgan fingerprint density at radius 3 is 3.06 bits per heavy atom. The minimum Gasteiger partial charge on any atom is -0.328 e. The first-order valence-electron chi connectivity index (χ1n) is 6.87. The summed E-state index contributed by atoms with van der Waals surface area (Å²) in [4.78, 5) is 9.04. The van der Waals surface area contributed by atoms with E-state index in [1.54, 1.807) is 0 Å². The molecule has 2 aromatic heterocycles. The maximum absolute atomic E-state index is 4.70. The molecule has 0 bridgehead atoms. The minimum absolute atomic E-state index is 0.379. The first-order chi connectivity index (χ1) is 8.86. The molecule has 1 aliphatic rings. The van der Waals surface area contributed by atoms with Gasteiger partial charge in [0.25, 0.3) is 0 Å². The number of hydrogen-bond acceptors (Lipinski definition) is 3. The van der Waals surface area contributed by atoms with Crippen LogP contribution in [0.15, 0.2) is 18.3 Å². The van der Waals surface area contributed by atoms with Gasteiger partial charge in [-0.1, -0.05) is 19.3 Å². The van der Waals surface area contributed by atoms with Crippen molar-refractivity contribution < 1.29 is 0 Å². The zero-order valence-corrected chi connectivity index (χ0v) is 10.9. The number of aromatic nitrogens is 3. The van der Waals surface area contributed by atoms with Crippen molar-refractivity contribution in [3.8, 4) is 0 Å². The Bertz CT molecular complexity index is 524. The number of aryl methyl sites for hydroxylation is 1. The van der Waals surface area contributed by atoms with Crippen molar-refractivity contribution in [3.05, 3.63) is 24.2 Å². The fourth-order valence-electron chi connectivity index (χ4n) is 2.78. The van der Waals surface area contributed by atoms with Crippen molar-refractivity contribution in [3.63, 3.8) is 0 Å². The summed E-state index contributed by atoms with van der Waals surface area (Å²) in [6.45, 7) is 1.10. The Morgan fingerprint density at radius 2 is 2.17 bits per heavy atom. The molecule has 4 nitrogen and oxygen atoms in total. The maximum Gasteiger partial charge on any atom is 0.177 e. The number of rotatable bonds is 1. The van der Waals surface area contributed by atoms with E-state index in [0.717, 1.165) is 23.5 Å². The monoisotopic (exact) mass is 244 g/mol. The molecule has 0 spiro atoms. The van der Waals surface area contributed by atoms with Gasteiger partial charge in [0.15, 0.2) is 5.65 Å². The summed E-state index contributed by atoms with van der Waals surface area (Å²) in [6.07, 6.45) is 8.25. The zero-order valence-electron chi connectivity index (χ0n) is 10.9. The van der Waals surface area contributed by atoms with E-state index in [1.807, 2.05) is 12.3 Å². The molecule has 0 amide bonds. The van der Waals surface area contributed by atoms with Crippen LogP contribution in [-0.4, -0.2) is 21.1 Å². The van der Waals surface area contributed by atoms with Gasteiger partial charge >= 0.3 is 0 Å². The van der Waals surface area contributed by atoms with Crippen LogP contribution in [0.25, 0.3) is 11.2 Å². The van der Waals surface area contributed by atoms with Crippen LogP contribution in [0, 0.1) is 0 Å². The van der Waals surface area contributed by atoms with Crippen LogP contribution in [0.1, 0.15) is 44.0 Å². The lowest BCUT2D eigenvalue weighted by atomic mass is 10.0. The molecule has 1 saturated heterocycles. The molecule has 96 valence electrons. The molecular weight excluding hydrogens is 224 g/mol. The average molecular weight is 244 g/mol. The van der Waals surface area contributed by atoms with Crippen LogP contribution in [0.5, 0.6) is 0 Å². The zero-order chi connectivity index (χ0) is 12.4. The summed E-state index contributed by atoms with van der Waals surface area (Å²) in [5, 5.41) is 3.63. The van der Waals surface area contributed by atoms with Gasteiger partial charge in [0, 0.05) is 13.2 Å². The standard InChI is InChI=1S/C14H20N4/c1-18-12-8-6-10-16-13(12)17-14(18)11-7-4-2-3-5-9-15-11/h6,8,10-11,15H,2-5,7,9H2,1H3. The Balaban J connectivity index is 1.94. The molecule has 4 heteroatoms. The third-order valence-corrected chi connectivity index (χ3v) is 3.81. The van der Waals surface area contributed by atoms with E-state index in [4.69, 9.17) is 4.98 Å². The number of nitrogens with zero attached hydrogens (tertiary/aromatic N) is 3. The molecule has 1 unspecified atom stereocenters. The van der Waals surface area contributed by atoms with Gasteiger partial charge in [-0.25, -0.2) is 9.97 Å². The van der Waals surface area contributed by atoms with Gasteiger partial charge in [-0.05, 0) is 31.5 Å². The smallest absolute Gasteiger partial charge is 0.177 e. The van der Waals surface area contributed by atoms with Crippen LogP contribution in [-0.2, 0) is 7.05 Å². The highest BCUT2D eigenvalue weighted by Gasteiger charge is 2.19. The third kappa shape index (κ3) is 2.12. The molecule has 0 aromatic carbocycles. The first-order valence-corrected chi connectivity index (χ1v) is 6.87. The van der Waals surface area contributed by atoms with Gasteiger partial charge in [-0.3, -0.25) is 0 Å². The van der Waals surface area contributed by atoms with Gasteiger partial charge in [-0.2, -0.15) is 0 Å². The molecular formula is C14H20N4. The highest BCUT2D eigenvalue weighted by atomic mass is 15.1. The predicted molar refractivity (Wildman–Crippen MR) is 72.3 cm³/mol. The fourth-order valence-corrected chi connectivity index (χ4v) is 2.78. The normalized spacial score (nSPS) is 21.7. The lowest BCUT2D eigenvalue weighted by Crippen LogP contribution is -2.26. The van der Waals surface area contributed by atoms with Crippen LogP contribution < -0.4 is 5.32 Å². The number of fused-ring (bicyclic) bond motifs is 1. The molecule has 1 fully saturated rings. The van der Waals surface area contributed by atoms with E-state index in [9.17, 15) is 0 Å². The maximum atomic E-state index is 4.70. The lowest BCUT2D eigenvalue weighted by Gasteiger charge is -2.20. The van der Waals surface area contributed by atoms with Gasteiger partial charge < -0.3 is 9.88 Å². The Hall–Kier alpha value is -1.42. The first kappa shape index (κ1) is 11.7. The number of nitrogens with one attached hydrogen (secondary N) is 1. The largest absolute Gasteiger partial charge is 0.328 e. The summed E-state index contributed by atoms with van der Waals surface area (Å²) >= 11 is 0. The third-order valence-electron chi connectivity index (χ3n) is 3.81. The van der Waals surface area contributed by atoms with Crippen LogP contribution >= 0.6 is 0 Å². The molecule has 3 heterocycles. The van der Waals surface area contributed by atoms with Crippen molar-refractivity contribution >= 4 is 11.2 Å². The molecule has 18 heavy (non-hydrogen) atoms. The average Bonchev–Trinajstić information content (AvgIpc) is 2.67. The molecule has 1 aliphatic heterocycles. The summed E-state index contributed by atoms with van der Waals surface area (Å²) < 4.78 is 2.18. The summed E-state index contributed by atoms with van der Waals surface area (Å²) in [5.74, 6) is 1.13. The summed E-state index contributed by atoms with van der Waals surface area (Å²) in [5.41, 5.74) is 1.98. The Labute approximate surface area is 107 Å². The second-order valence-electron chi connectivity index (χ2n) is 5.08. The van der Waals surface area contributed by atoms with Crippen molar-refractivity contribution in [2.45, 2.75) is 38.1 Å². The van der Waals surface area contributed by atoms with E-state index in [2.05, 4.69) is 28.0 Å². The van der Waals surface area contributed by atoms with E-state index < -0.39 is 0 Å². The van der Waals surface area contributed by atoms with E-state index >= 15 is 0 Å². The second-order valence-corrected chi connectivity index (χ2v) is 5.08. The van der Waals surface area contributed by atoms with Crippen LogP contribution in [0.2, 0.25) is 0 Å². The van der Waals surface area contributed by atoms with E-state index in [1.165, 1.54) is 32.1 Å². The van der Waals surface area contributed by atoms with Crippen LogP contribution in [0.3, 0.4) is 0 Å². The van der Waals surface area contributed by atoms with Gasteiger partial charge in [0.1, 0.15) is 5.82 Å². The molecule has 0 saturated carbocycles. The Morgan fingerprint density at radius 1 is 1.28 bits per heavy atom. The van der Waals surface area contributed by atoms with Gasteiger partial charge in [0.05, 0.1) is 11.6 Å². The molecule has 0 radical (unpaired) electrons. The number of pyridine rings is 1. The number of imidazole rings is 1. The predicted octanol–water partition coefficient (Wildman–Crippen LogP) is 2.56. The van der Waals surface area contributed by atoms with E-state index in [0.29, 0.717) is 6.04 Å². The lowest BCUT2D eigenvalue weighted by molar-refractivity contribution is 0.408. The molecule has 2 aromatic rings. The summed E-state index contributed by atoms with van der Waals surface area (Å²) in [6, 6.07) is 4.44. The van der Waals surface area contributed by atoms with Crippen LogP contribution in [0.4, 0.5) is 0 Å². The highest BCUT2D eigenvalue weighted by Crippen LogP contribution is 2.24. The molecule has 1 atom stereocenters. The van der Waals surface area contributed by atoms with Gasteiger partial charge in [-0.15, -0.1) is 0 Å². The fraction of sp³-hybridized carbons (Fsp3) is 0.571. The summed E-state index contributed by atoms with van der Waals surface area (Å²) in [7, 11) is 2.09. The van der Waals surface area contributed by atoms with Gasteiger partial charge in [0.2, 0.25) is 0 Å². The van der Waals surface area contributed by atoms with E-state index in [-0.39, 0.29) is 0 Å².